The number of nitrogens with zero attached hydrogens (tertiary/aromatic N) is 2. The Morgan fingerprint density at radius 1 is 1.15 bits per heavy atom. The van der Waals surface area contributed by atoms with Gasteiger partial charge in [0, 0.05) is 30.9 Å². The van der Waals surface area contributed by atoms with Gasteiger partial charge in [-0.1, -0.05) is 6.42 Å². The van der Waals surface area contributed by atoms with E-state index >= 15 is 0 Å². The highest BCUT2D eigenvalue weighted by Crippen LogP contribution is 2.29. The molecule has 2 aliphatic rings. The number of hydrogen-bond acceptors (Lipinski definition) is 3. The van der Waals surface area contributed by atoms with Gasteiger partial charge in [-0.05, 0) is 57.5 Å². The summed E-state index contributed by atoms with van der Waals surface area (Å²) < 4.78 is 5.53. The SMILES string of the molecule is CCOc1ccc(N2CC3CCCCN3CC2C)cc1. The molecule has 0 aromatic heterocycles. The van der Waals surface area contributed by atoms with Crippen LogP contribution in [-0.2, 0) is 0 Å². The van der Waals surface area contributed by atoms with Gasteiger partial charge in [0.1, 0.15) is 5.75 Å². The highest BCUT2D eigenvalue weighted by Gasteiger charge is 2.32. The van der Waals surface area contributed by atoms with E-state index in [0.29, 0.717) is 6.04 Å². The second kappa shape index (κ2) is 6.04. The first-order valence-electron chi connectivity index (χ1n) is 8.01. The quantitative estimate of drug-likeness (QED) is 0.842. The molecule has 2 saturated heterocycles. The molecule has 3 rings (SSSR count). The van der Waals surface area contributed by atoms with Crippen molar-refractivity contribution < 1.29 is 4.74 Å². The number of hydrogen-bond donors (Lipinski definition) is 0. The van der Waals surface area contributed by atoms with Gasteiger partial charge in [0.2, 0.25) is 0 Å². The normalized spacial score (nSPS) is 27.2. The molecule has 3 heteroatoms. The molecule has 0 bridgehead atoms. The van der Waals surface area contributed by atoms with Crippen molar-refractivity contribution in [2.45, 2.75) is 45.2 Å². The predicted octanol–water partition coefficient (Wildman–Crippen LogP) is 3.15. The Balaban J connectivity index is 1.72. The standard InChI is InChI=1S/C17H26N2O/c1-3-20-17-9-7-15(8-10-17)19-13-16-6-4-5-11-18(16)12-14(19)2/h7-10,14,16H,3-6,11-13H2,1-2H3. The minimum atomic E-state index is 0.599. The van der Waals surface area contributed by atoms with E-state index in [1.165, 1.54) is 44.6 Å². The molecule has 1 aromatic rings. The molecule has 3 nitrogen and oxygen atoms in total. The fourth-order valence-electron chi connectivity index (χ4n) is 3.61. The molecular weight excluding hydrogens is 248 g/mol. The molecule has 1 aromatic carbocycles. The lowest BCUT2D eigenvalue weighted by Gasteiger charge is -2.48. The van der Waals surface area contributed by atoms with E-state index in [1.807, 2.05) is 6.92 Å². The fraction of sp³-hybridized carbons (Fsp3) is 0.647. The van der Waals surface area contributed by atoms with Crippen LogP contribution in [0, 0.1) is 0 Å². The molecule has 2 unspecified atom stereocenters. The Kier molecular flexibility index (Phi) is 4.16. The lowest BCUT2D eigenvalue weighted by atomic mass is 9.96. The third-order valence-electron chi connectivity index (χ3n) is 4.67. The summed E-state index contributed by atoms with van der Waals surface area (Å²) >= 11 is 0. The molecule has 0 spiro atoms. The molecule has 2 heterocycles. The Bertz CT molecular complexity index is 431. The van der Waals surface area contributed by atoms with Gasteiger partial charge in [-0.2, -0.15) is 0 Å². The maximum absolute atomic E-state index is 5.53. The molecule has 0 amide bonds. The van der Waals surface area contributed by atoms with Crippen LogP contribution >= 0.6 is 0 Å². The summed E-state index contributed by atoms with van der Waals surface area (Å²) in [4.78, 5) is 5.27. The highest BCUT2D eigenvalue weighted by atomic mass is 16.5. The van der Waals surface area contributed by atoms with Crippen molar-refractivity contribution in [2.75, 3.05) is 31.1 Å². The molecule has 2 fully saturated rings. The molecule has 0 aliphatic carbocycles. The van der Waals surface area contributed by atoms with Crippen LogP contribution < -0.4 is 9.64 Å². The van der Waals surface area contributed by atoms with Gasteiger partial charge >= 0.3 is 0 Å². The third kappa shape index (κ3) is 2.78. The van der Waals surface area contributed by atoms with Crippen LogP contribution in [0.4, 0.5) is 5.69 Å². The van der Waals surface area contributed by atoms with Crippen molar-refractivity contribution in [3.05, 3.63) is 24.3 Å². The number of ether oxygens (including phenoxy) is 1. The van der Waals surface area contributed by atoms with Crippen LogP contribution in [0.15, 0.2) is 24.3 Å². The van der Waals surface area contributed by atoms with Crippen LogP contribution in [0.25, 0.3) is 0 Å². The molecule has 0 N–H and O–H groups in total. The molecule has 20 heavy (non-hydrogen) atoms. The van der Waals surface area contributed by atoms with Crippen LogP contribution in [0.3, 0.4) is 0 Å². The van der Waals surface area contributed by atoms with E-state index in [0.717, 1.165) is 18.4 Å². The van der Waals surface area contributed by atoms with Crippen molar-refractivity contribution in [3.63, 3.8) is 0 Å². The molecule has 2 aliphatic heterocycles. The number of anilines is 1. The van der Waals surface area contributed by atoms with E-state index in [1.54, 1.807) is 0 Å². The van der Waals surface area contributed by atoms with Gasteiger partial charge in [0.15, 0.2) is 0 Å². The first-order chi connectivity index (χ1) is 9.78. The number of benzene rings is 1. The molecule has 0 radical (unpaired) electrons. The minimum Gasteiger partial charge on any atom is -0.494 e. The Morgan fingerprint density at radius 2 is 1.95 bits per heavy atom. The van der Waals surface area contributed by atoms with Crippen LogP contribution in [0.5, 0.6) is 5.75 Å². The number of fused-ring (bicyclic) bond motifs is 1. The first kappa shape index (κ1) is 13.7. The Labute approximate surface area is 122 Å². The van der Waals surface area contributed by atoms with E-state index < -0.39 is 0 Å². The van der Waals surface area contributed by atoms with Crippen molar-refractivity contribution in [2.24, 2.45) is 0 Å². The summed E-state index contributed by atoms with van der Waals surface area (Å²) in [5.41, 5.74) is 1.34. The van der Waals surface area contributed by atoms with E-state index in [2.05, 4.69) is 41.0 Å². The molecule has 2 atom stereocenters. The zero-order valence-corrected chi connectivity index (χ0v) is 12.7. The third-order valence-corrected chi connectivity index (χ3v) is 4.67. The summed E-state index contributed by atoms with van der Waals surface area (Å²) in [6.07, 6.45) is 4.14. The monoisotopic (exact) mass is 274 g/mol. The first-order valence-corrected chi connectivity index (χ1v) is 8.01. The van der Waals surface area contributed by atoms with Gasteiger partial charge in [-0.3, -0.25) is 4.90 Å². The van der Waals surface area contributed by atoms with Crippen molar-refractivity contribution in [1.29, 1.82) is 0 Å². The average Bonchev–Trinajstić information content (AvgIpc) is 2.48. The van der Waals surface area contributed by atoms with Gasteiger partial charge in [0.25, 0.3) is 0 Å². The summed E-state index contributed by atoms with van der Waals surface area (Å²) in [5, 5.41) is 0. The zero-order chi connectivity index (χ0) is 13.9. The number of piperazine rings is 1. The summed E-state index contributed by atoms with van der Waals surface area (Å²) in [6.45, 7) is 8.79. The Morgan fingerprint density at radius 3 is 2.70 bits per heavy atom. The van der Waals surface area contributed by atoms with Gasteiger partial charge in [-0.25, -0.2) is 0 Å². The second-order valence-corrected chi connectivity index (χ2v) is 6.07. The lowest BCUT2D eigenvalue weighted by molar-refractivity contribution is 0.115. The summed E-state index contributed by atoms with van der Waals surface area (Å²) in [7, 11) is 0. The maximum Gasteiger partial charge on any atom is 0.119 e. The minimum absolute atomic E-state index is 0.599. The summed E-state index contributed by atoms with van der Waals surface area (Å²) in [6, 6.07) is 9.96. The average molecular weight is 274 g/mol. The number of rotatable bonds is 3. The lowest BCUT2D eigenvalue weighted by Crippen LogP contribution is -2.58. The maximum atomic E-state index is 5.53. The smallest absolute Gasteiger partial charge is 0.119 e. The van der Waals surface area contributed by atoms with Crippen molar-refractivity contribution in [1.82, 2.24) is 4.90 Å². The predicted molar refractivity (Wildman–Crippen MR) is 83.6 cm³/mol. The molecule has 110 valence electrons. The Hall–Kier alpha value is -1.22. The van der Waals surface area contributed by atoms with E-state index in [4.69, 9.17) is 4.74 Å². The largest absolute Gasteiger partial charge is 0.494 e. The molecule has 0 saturated carbocycles. The van der Waals surface area contributed by atoms with Crippen LogP contribution in [-0.4, -0.2) is 43.2 Å². The van der Waals surface area contributed by atoms with Gasteiger partial charge in [0.05, 0.1) is 6.61 Å². The van der Waals surface area contributed by atoms with Gasteiger partial charge < -0.3 is 9.64 Å². The topological polar surface area (TPSA) is 15.7 Å². The van der Waals surface area contributed by atoms with Gasteiger partial charge in [-0.15, -0.1) is 0 Å². The van der Waals surface area contributed by atoms with Crippen LogP contribution in [0.2, 0.25) is 0 Å². The van der Waals surface area contributed by atoms with Crippen molar-refractivity contribution >= 4 is 5.69 Å². The van der Waals surface area contributed by atoms with E-state index in [9.17, 15) is 0 Å². The number of piperidine rings is 1. The van der Waals surface area contributed by atoms with E-state index in [-0.39, 0.29) is 0 Å². The highest BCUT2D eigenvalue weighted by molar-refractivity contribution is 5.50. The zero-order valence-electron chi connectivity index (χ0n) is 12.7. The summed E-state index contributed by atoms with van der Waals surface area (Å²) in [5.74, 6) is 0.972. The fourth-order valence-corrected chi connectivity index (χ4v) is 3.61. The molecular formula is C17H26N2O. The van der Waals surface area contributed by atoms with Crippen LogP contribution in [0.1, 0.15) is 33.1 Å². The second-order valence-electron chi connectivity index (χ2n) is 6.07. The van der Waals surface area contributed by atoms with Crippen molar-refractivity contribution in [3.8, 4) is 5.75 Å².